The van der Waals surface area contributed by atoms with Gasteiger partial charge in [-0.25, -0.2) is 4.39 Å². The molecule has 2 aliphatic rings. The molecule has 0 aliphatic carbocycles. The van der Waals surface area contributed by atoms with Gasteiger partial charge in [-0.15, -0.1) is 0 Å². The molecule has 2 saturated heterocycles. The Balaban J connectivity index is 1.60. The Hall–Kier alpha value is -1.50. The number of nitrogens with zero attached hydrogens (tertiary/aromatic N) is 3. The maximum atomic E-state index is 14.0. The first kappa shape index (κ1) is 18.3. The number of carbonyl (C=O) groups excluding carboxylic acids is 1. The summed E-state index contributed by atoms with van der Waals surface area (Å²) in [7, 11) is 2.10. The molecule has 1 atom stereocenters. The number of morpholine rings is 1. The molecule has 0 spiro atoms. The van der Waals surface area contributed by atoms with Gasteiger partial charge in [0.2, 0.25) is 5.91 Å². The summed E-state index contributed by atoms with van der Waals surface area (Å²) in [6, 6.07) is 6.88. The Morgan fingerprint density at radius 2 is 2.04 bits per heavy atom. The molecule has 0 saturated carbocycles. The van der Waals surface area contributed by atoms with Crippen molar-refractivity contribution in [3.63, 3.8) is 0 Å². The maximum absolute atomic E-state index is 14.0. The molecule has 0 radical (unpaired) electrons. The summed E-state index contributed by atoms with van der Waals surface area (Å²) in [6.07, 6.45) is 1.46. The highest BCUT2D eigenvalue weighted by Crippen LogP contribution is 2.18. The molecule has 2 fully saturated rings. The molecule has 2 heterocycles. The molecule has 0 aromatic heterocycles. The average Bonchev–Trinajstić information content (AvgIpc) is 2.83. The molecule has 5 nitrogen and oxygen atoms in total. The molecule has 0 N–H and O–H groups in total. The first-order valence-corrected chi connectivity index (χ1v) is 9.15. The van der Waals surface area contributed by atoms with Gasteiger partial charge < -0.3 is 14.5 Å². The lowest BCUT2D eigenvalue weighted by molar-refractivity contribution is -0.134. The van der Waals surface area contributed by atoms with Crippen LogP contribution in [0.1, 0.15) is 18.4 Å². The van der Waals surface area contributed by atoms with Crippen LogP contribution in [0.4, 0.5) is 4.39 Å². The monoisotopic (exact) mass is 349 g/mol. The van der Waals surface area contributed by atoms with Crippen molar-refractivity contribution in [3.05, 3.63) is 35.6 Å². The molecular weight excluding hydrogens is 321 g/mol. The van der Waals surface area contributed by atoms with Crippen LogP contribution >= 0.6 is 0 Å². The summed E-state index contributed by atoms with van der Waals surface area (Å²) in [5.74, 6) is -0.000965. The third-order valence-corrected chi connectivity index (χ3v) is 5.16. The van der Waals surface area contributed by atoms with Gasteiger partial charge in [0.15, 0.2) is 0 Å². The Bertz CT molecular complexity index is 584. The van der Waals surface area contributed by atoms with E-state index >= 15 is 0 Å². The predicted octanol–water partition coefficient (Wildman–Crippen LogP) is 1.58. The number of ether oxygens (including phenoxy) is 1. The number of benzene rings is 1. The van der Waals surface area contributed by atoms with Crippen molar-refractivity contribution in [2.45, 2.75) is 25.4 Å². The van der Waals surface area contributed by atoms with E-state index in [4.69, 9.17) is 4.74 Å². The van der Waals surface area contributed by atoms with Gasteiger partial charge >= 0.3 is 0 Å². The lowest BCUT2D eigenvalue weighted by Crippen LogP contribution is -2.48. The minimum Gasteiger partial charge on any atom is -0.378 e. The summed E-state index contributed by atoms with van der Waals surface area (Å²) < 4.78 is 19.6. The fourth-order valence-corrected chi connectivity index (χ4v) is 3.56. The van der Waals surface area contributed by atoms with Crippen molar-refractivity contribution in [2.24, 2.45) is 0 Å². The van der Waals surface area contributed by atoms with Gasteiger partial charge in [-0.2, -0.15) is 0 Å². The zero-order valence-corrected chi connectivity index (χ0v) is 15.0. The average molecular weight is 349 g/mol. The van der Waals surface area contributed by atoms with Crippen LogP contribution in [0.3, 0.4) is 0 Å². The van der Waals surface area contributed by atoms with Crippen molar-refractivity contribution in [2.75, 3.05) is 53.0 Å². The quantitative estimate of drug-likeness (QED) is 0.827. The first-order chi connectivity index (χ1) is 12.1. The van der Waals surface area contributed by atoms with Gasteiger partial charge in [0.05, 0.1) is 13.2 Å². The van der Waals surface area contributed by atoms with Crippen LogP contribution < -0.4 is 0 Å². The van der Waals surface area contributed by atoms with E-state index in [1.54, 1.807) is 6.07 Å². The standard InChI is InChI=1S/C19H28FN3O2/c1-21-7-4-8-22(10-9-21)19(24)13-17-15-25-12-11-23(17)14-16-5-2-3-6-18(16)20/h2-3,5-6,17H,4,7-15H2,1H3. The number of rotatable bonds is 4. The lowest BCUT2D eigenvalue weighted by Gasteiger charge is -2.36. The largest absolute Gasteiger partial charge is 0.378 e. The Morgan fingerprint density at radius 1 is 1.20 bits per heavy atom. The van der Waals surface area contributed by atoms with E-state index in [-0.39, 0.29) is 17.8 Å². The number of hydrogen-bond acceptors (Lipinski definition) is 4. The molecule has 6 heteroatoms. The van der Waals surface area contributed by atoms with E-state index in [1.807, 2.05) is 17.0 Å². The highest BCUT2D eigenvalue weighted by atomic mass is 19.1. The normalized spacial score (nSPS) is 23.4. The number of carbonyl (C=O) groups is 1. The fraction of sp³-hybridized carbons (Fsp3) is 0.632. The zero-order valence-electron chi connectivity index (χ0n) is 15.0. The zero-order chi connectivity index (χ0) is 17.6. The van der Waals surface area contributed by atoms with Crippen LogP contribution in [-0.2, 0) is 16.1 Å². The Kier molecular flexibility index (Phi) is 6.39. The van der Waals surface area contributed by atoms with E-state index in [2.05, 4.69) is 16.8 Å². The highest BCUT2D eigenvalue weighted by Gasteiger charge is 2.28. The third-order valence-electron chi connectivity index (χ3n) is 5.16. The van der Waals surface area contributed by atoms with Gasteiger partial charge in [-0.05, 0) is 26.1 Å². The van der Waals surface area contributed by atoms with Gasteiger partial charge in [-0.1, -0.05) is 18.2 Å². The molecule has 25 heavy (non-hydrogen) atoms. The van der Waals surface area contributed by atoms with Crippen molar-refractivity contribution >= 4 is 5.91 Å². The summed E-state index contributed by atoms with van der Waals surface area (Å²) in [5, 5.41) is 0. The van der Waals surface area contributed by atoms with Crippen LogP contribution in [0, 0.1) is 5.82 Å². The lowest BCUT2D eigenvalue weighted by atomic mass is 10.1. The smallest absolute Gasteiger partial charge is 0.224 e. The summed E-state index contributed by atoms with van der Waals surface area (Å²) >= 11 is 0. The maximum Gasteiger partial charge on any atom is 0.224 e. The number of hydrogen-bond donors (Lipinski definition) is 0. The molecule has 3 rings (SSSR count). The molecule has 1 amide bonds. The summed E-state index contributed by atoms with van der Waals surface area (Å²) in [5.41, 5.74) is 0.679. The van der Waals surface area contributed by atoms with Crippen molar-refractivity contribution in [3.8, 4) is 0 Å². The van der Waals surface area contributed by atoms with E-state index in [9.17, 15) is 9.18 Å². The van der Waals surface area contributed by atoms with Crippen LogP contribution in [0.2, 0.25) is 0 Å². The van der Waals surface area contributed by atoms with Gasteiger partial charge in [0.1, 0.15) is 5.82 Å². The van der Waals surface area contributed by atoms with Gasteiger partial charge in [0, 0.05) is 50.7 Å². The van der Waals surface area contributed by atoms with E-state index < -0.39 is 0 Å². The van der Waals surface area contributed by atoms with Crippen LogP contribution in [0.25, 0.3) is 0 Å². The Labute approximate surface area is 149 Å². The van der Waals surface area contributed by atoms with E-state index in [1.165, 1.54) is 6.07 Å². The van der Waals surface area contributed by atoms with Crippen LogP contribution in [0.15, 0.2) is 24.3 Å². The van der Waals surface area contributed by atoms with Gasteiger partial charge in [0.25, 0.3) is 0 Å². The van der Waals surface area contributed by atoms with Crippen molar-refractivity contribution < 1.29 is 13.9 Å². The second kappa shape index (κ2) is 8.74. The van der Waals surface area contributed by atoms with Crippen molar-refractivity contribution in [1.29, 1.82) is 0 Å². The predicted molar refractivity (Wildman–Crippen MR) is 94.7 cm³/mol. The summed E-state index contributed by atoms with van der Waals surface area (Å²) in [6.45, 7) is 6.00. The molecule has 1 aromatic rings. The second-order valence-corrected chi connectivity index (χ2v) is 7.03. The van der Waals surface area contributed by atoms with Crippen LogP contribution in [0.5, 0.6) is 0 Å². The summed E-state index contributed by atoms with van der Waals surface area (Å²) in [4.78, 5) is 19.2. The molecular formula is C19H28FN3O2. The number of likely N-dealkylation sites (N-methyl/N-ethyl adjacent to an activating group) is 1. The van der Waals surface area contributed by atoms with Crippen LogP contribution in [-0.4, -0.2) is 79.6 Å². The van der Waals surface area contributed by atoms with Crippen molar-refractivity contribution in [1.82, 2.24) is 14.7 Å². The first-order valence-electron chi connectivity index (χ1n) is 9.15. The van der Waals surface area contributed by atoms with E-state index in [0.29, 0.717) is 31.7 Å². The molecule has 138 valence electrons. The molecule has 0 bridgehead atoms. The minimum atomic E-state index is -0.186. The topological polar surface area (TPSA) is 36.0 Å². The number of halogens is 1. The molecule has 2 aliphatic heterocycles. The molecule has 1 unspecified atom stereocenters. The fourth-order valence-electron chi connectivity index (χ4n) is 3.56. The van der Waals surface area contributed by atoms with E-state index in [0.717, 1.165) is 39.1 Å². The third kappa shape index (κ3) is 5.00. The van der Waals surface area contributed by atoms with Gasteiger partial charge in [-0.3, -0.25) is 9.69 Å². The minimum absolute atomic E-state index is 0.0156. The second-order valence-electron chi connectivity index (χ2n) is 7.03. The highest BCUT2D eigenvalue weighted by molar-refractivity contribution is 5.77. The molecule has 1 aromatic carbocycles. The Morgan fingerprint density at radius 3 is 2.88 bits per heavy atom. The number of amides is 1. The SMILES string of the molecule is CN1CCCN(C(=O)CC2COCCN2Cc2ccccc2F)CC1.